The molecule has 0 amide bonds. The maximum Gasteiger partial charge on any atom is 0.207 e. The third kappa shape index (κ3) is 3.48. The molecule has 0 aliphatic carbocycles. The summed E-state index contributed by atoms with van der Waals surface area (Å²) in [7, 11) is 0. The van der Waals surface area contributed by atoms with Crippen LogP contribution in [-0.2, 0) is 6.54 Å². The Morgan fingerprint density at radius 1 is 1.24 bits per heavy atom. The summed E-state index contributed by atoms with van der Waals surface area (Å²) in [5, 5.41) is 18.4. The van der Waals surface area contributed by atoms with Gasteiger partial charge in [-0.3, -0.25) is 4.98 Å². The first-order valence-corrected chi connectivity index (χ1v) is 9.09. The Hall–Kier alpha value is -3.56. The van der Waals surface area contributed by atoms with Gasteiger partial charge in [-0.2, -0.15) is 10.5 Å². The number of piperidine rings is 1. The standard InChI is InChI=1S/C20H17F2N7/c21-14-5-13(8-24)19-18(6-14)29(10-15-2-1-12(7-23)9-26-15)20(27-19)28-4-3-16(22)17(25)11-28/h1-2,5-6,9,16-17H,3-4,10-11,25H2/t16-,17-/m1/s1. The second kappa shape index (κ2) is 7.46. The fourth-order valence-electron chi connectivity index (χ4n) is 3.54. The van der Waals surface area contributed by atoms with E-state index in [-0.39, 0.29) is 25.1 Å². The molecule has 1 aliphatic rings. The zero-order valence-electron chi connectivity index (χ0n) is 15.4. The molecule has 2 atom stereocenters. The highest BCUT2D eigenvalue weighted by Crippen LogP contribution is 2.29. The van der Waals surface area contributed by atoms with Gasteiger partial charge in [-0.15, -0.1) is 0 Å². The number of hydrogen-bond acceptors (Lipinski definition) is 6. The Labute approximate surface area is 165 Å². The van der Waals surface area contributed by atoms with Crippen LogP contribution in [0.3, 0.4) is 0 Å². The van der Waals surface area contributed by atoms with Crippen molar-refractivity contribution in [1.29, 1.82) is 10.5 Å². The molecule has 2 N–H and O–H groups in total. The minimum Gasteiger partial charge on any atom is -0.340 e. The van der Waals surface area contributed by atoms with Crippen LogP contribution in [0.15, 0.2) is 30.5 Å². The fraction of sp³-hybridized carbons (Fsp3) is 0.300. The second-order valence-corrected chi connectivity index (χ2v) is 7.00. The van der Waals surface area contributed by atoms with E-state index in [9.17, 15) is 14.0 Å². The molecule has 0 saturated carbocycles. The number of fused-ring (bicyclic) bond motifs is 1. The normalized spacial score (nSPS) is 19.1. The Bertz CT molecular complexity index is 1140. The van der Waals surface area contributed by atoms with Gasteiger partial charge in [-0.05, 0) is 30.7 Å². The van der Waals surface area contributed by atoms with Crippen LogP contribution in [0.5, 0.6) is 0 Å². The molecule has 1 aliphatic heterocycles. The lowest BCUT2D eigenvalue weighted by molar-refractivity contribution is 0.243. The van der Waals surface area contributed by atoms with Gasteiger partial charge in [0.15, 0.2) is 0 Å². The molecule has 29 heavy (non-hydrogen) atoms. The predicted molar refractivity (Wildman–Crippen MR) is 102 cm³/mol. The summed E-state index contributed by atoms with van der Waals surface area (Å²) in [6.07, 6.45) is 0.634. The van der Waals surface area contributed by atoms with Gasteiger partial charge in [0.25, 0.3) is 0 Å². The lowest BCUT2D eigenvalue weighted by Gasteiger charge is -2.34. The fourth-order valence-corrected chi connectivity index (χ4v) is 3.54. The van der Waals surface area contributed by atoms with Crippen LogP contribution in [0.4, 0.5) is 14.7 Å². The Morgan fingerprint density at radius 3 is 2.72 bits per heavy atom. The monoisotopic (exact) mass is 393 g/mol. The number of nitrogens with two attached hydrogens (primary N) is 1. The quantitative estimate of drug-likeness (QED) is 0.731. The number of benzene rings is 1. The van der Waals surface area contributed by atoms with E-state index < -0.39 is 18.0 Å². The van der Waals surface area contributed by atoms with Crippen LogP contribution in [0.2, 0.25) is 0 Å². The van der Waals surface area contributed by atoms with Crippen LogP contribution in [-0.4, -0.2) is 39.8 Å². The van der Waals surface area contributed by atoms with E-state index in [2.05, 4.69) is 9.97 Å². The number of alkyl halides is 1. The number of anilines is 1. The van der Waals surface area contributed by atoms with Crippen molar-refractivity contribution in [3.63, 3.8) is 0 Å². The first kappa shape index (κ1) is 18.8. The van der Waals surface area contributed by atoms with E-state index in [0.717, 1.165) is 6.07 Å². The molecule has 0 radical (unpaired) electrons. The SMILES string of the molecule is N#Cc1ccc(Cn2c(N3CC[C@@H](F)[C@H](N)C3)nc3c(C#N)cc(F)cc32)nc1. The molecule has 0 bridgehead atoms. The van der Waals surface area contributed by atoms with Crippen LogP contribution >= 0.6 is 0 Å². The molecular weight excluding hydrogens is 376 g/mol. The van der Waals surface area contributed by atoms with Crippen molar-refractivity contribution < 1.29 is 8.78 Å². The van der Waals surface area contributed by atoms with Gasteiger partial charge in [-0.1, -0.05) is 0 Å². The first-order chi connectivity index (χ1) is 14.0. The molecule has 0 unspecified atom stereocenters. The highest BCUT2D eigenvalue weighted by molar-refractivity contribution is 5.84. The van der Waals surface area contributed by atoms with E-state index in [0.29, 0.717) is 34.8 Å². The average molecular weight is 393 g/mol. The van der Waals surface area contributed by atoms with Gasteiger partial charge in [0.2, 0.25) is 5.95 Å². The maximum absolute atomic E-state index is 14.1. The molecule has 9 heteroatoms. The number of aromatic nitrogens is 3. The zero-order valence-corrected chi connectivity index (χ0v) is 15.4. The Balaban J connectivity index is 1.84. The summed E-state index contributed by atoms with van der Waals surface area (Å²) in [5.41, 5.74) is 7.91. The summed E-state index contributed by atoms with van der Waals surface area (Å²) >= 11 is 0. The molecule has 3 aromatic rings. The highest BCUT2D eigenvalue weighted by atomic mass is 19.1. The minimum absolute atomic E-state index is 0.123. The van der Waals surface area contributed by atoms with Gasteiger partial charge < -0.3 is 15.2 Å². The van der Waals surface area contributed by atoms with E-state index in [1.165, 1.54) is 12.3 Å². The topological polar surface area (TPSA) is 108 Å². The predicted octanol–water partition coefficient (Wildman–Crippen LogP) is 2.24. The summed E-state index contributed by atoms with van der Waals surface area (Å²) in [6, 6.07) is 9.15. The number of pyridine rings is 1. The van der Waals surface area contributed by atoms with Gasteiger partial charge in [0.1, 0.15) is 29.6 Å². The molecule has 7 nitrogen and oxygen atoms in total. The van der Waals surface area contributed by atoms with E-state index in [1.54, 1.807) is 16.7 Å². The number of nitriles is 2. The van der Waals surface area contributed by atoms with E-state index in [4.69, 9.17) is 11.0 Å². The molecule has 2 aromatic heterocycles. The van der Waals surface area contributed by atoms with Crippen LogP contribution < -0.4 is 10.6 Å². The Kier molecular flexibility index (Phi) is 4.83. The molecule has 1 saturated heterocycles. The molecule has 0 spiro atoms. The van der Waals surface area contributed by atoms with Crippen molar-refractivity contribution in [3.05, 3.63) is 53.1 Å². The molecule has 1 aromatic carbocycles. The largest absolute Gasteiger partial charge is 0.340 e. The lowest BCUT2D eigenvalue weighted by atomic mass is 10.1. The molecule has 3 heterocycles. The summed E-state index contributed by atoms with van der Waals surface area (Å²) in [5.74, 6) is -0.0654. The minimum atomic E-state index is -1.09. The average Bonchev–Trinajstić information content (AvgIpc) is 3.08. The van der Waals surface area contributed by atoms with Gasteiger partial charge in [0.05, 0.1) is 34.9 Å². The first-order valence-electron chi connectivity index (χ1n) is 9.09. The number of nitrogens with zero attached hydrogens (tertiary/aromatic N) is 6. The summed E-state index contributed by atoms with van der Waals surface area (Å²) in [4.78, 5) is 10.7. The number of rotatable bonds is 3. The molecule has 146 valence electrons. The van der Waals surface area contributed by atoms with Crippen LogP contribution in [0.25, 0.3) is 11.0 Å². The van der Waals surface area contributed by atoms with Crippen molar-refractivity contribution in [2.75, 3.05) is 18.0 Å². The zero-order chi connectivity index (χ0) is 20.5. The van der Waals surface area contributed by atoms with E-state index in [1.807, 2.05) is 17.0 Å². The lowest BCUT2D eigenvalue weighted by Crippen LogP contribution is -2.50. The Morgan fingerprint density at radius 2 is 2.07 bits per heavy atom. The second-order valence-electron chi connectivity index (χ2n) is 7.00. The van der Waals surface area contributed by atoms with Crippen molar-refractivity contribution in [2.24, 2.45) is 5.73 Å². The van der Waals surface area contributed by atoms with Gasteiger partial charge in [-0.25, -0.2) is 13.8 Å². The number of hydrogen-bond donors (Lipinski definition) is 1. The van der Waals surface area contributed by atoms with Crippen LogP contribution in [0, 0.1) is 28.5 Å². The van der Waals surface area contributed by atoms with Crippen molar-refractivity contribution >= 4 is 17.0 Å². The third-order valence-electron chi connectivity index (χ3n) is 5.05. The maximum atomic E-state index is 14.1. The smallest absolute Gasteiger partial charge is 0.207 e. The van der Waals surface area contributed by atoms with Crippen molar-refractivity contribution in [2.45, 2.75) is 25.2 Å². The van der Waals surface area contributed by atoms with Crippen LogP contribution in [0.1, 0.15) is 23.2 Å². The summed E-state index contributed by atoms with van der Waals surface area (Å²) < 4.78 is 29.7. The van der Waals surface area contributed by atoms with Gasteiger partial charge in [0, 0.05) is 19.3 Å². The molecule has 1 fully saturated rings. The van der Waals surface area contributed by atoms with Gasteiger partial charge >= 0.3 is 0 Å². The summed E-state index contributed by atoms with van der Waals surface area (Å²) in [6.45, 7) is 0.912. The number of halogens is 2. The van der Waals surface area contributed by atoms with Crippen molar-refractivity contribution in [3.8, 4) is 12.1 Å². The third-order valence-corrected chi connectivity index (χ3v) is 5.05. The van der Waals surface area contributed by atoms with E-state index >= 15 is 0 Å². The highest BCUT2D eigenvalue weighted by Gasteiger charge is 2.29. The molecular formula is C20H17F2N7. The number of imidazole rings is 1. The van der Waals surface area contributed by atoms with Crippen molar-refractivity contribution in [1.82, 2.24) is 14.5 Å². The molecule has 4 rings (SSSR count).